The van der Waals surface area contributed by atoms with Gasteiger partial charge in [0.25, 0.3) is 0 Å². The molecule has 5 N–H and O–H groups in total. The largest absolute Gasteiger partial charge is 0.422 e. The molecule has 2 heterocycles. The summed E-state index contributed by atoms with van der Waals surface area (Å²) < 4.78 is -0.790. The number of urea groups is 1. The van der Waals surface area contributed by atoms with Crippen molar-refractivity contribution in [3.8, 4) is 0 Å². The first-order chi connectivity index (χ1) is 13.5. The first-order valence-electron chi connectivity index (χ1n) is 9.97. The van der Waals surface area contributed by atoms with E-state index in [1.54, 1.807) is 13.1 Å². The molecule has 158 valence electrons. The van der Waals surface area contributed by atoms with Gasteiger partial charge in [-0.15, -0.1) is 0 Å². The standard InChI is InChI=1S/C20H29N5O4/c1-19(2)9-13(26)8-14(19)16(27)20(3)5-4-6-25(20,18(22)29)17(28)15(21)7-12-10-23-11-24-12/h10-11,14-15H,4-9,21H2,1-3H3,(H2-,22,23,24,29)/p+1/t14?,15-,20+,25?/m0/s1. The van der Waals surface area contributed by atoms with Crippen LogP contribution in [0.15, 0.2) is 12.5 Å². The molecule has 1 aliphatic carbocycles. The molecule has 4 atom stereocenters. The van der Waals surface area contributed by atoms with E-state index >= 15 is 0 Å². The molecule has 0 radical (unpaired) electrons. The van der Waals surface area contributed by atoms with Crippen molar-refractivity contribution in [2.45, 2.75) is 64.5 Å². The van der Waals surface area contributed by atoms with Crippen LogP contribution < -0.4 is 11.5 Å². The number of nitrogens with one attached hydrogen (secondary N) is 1. The van der Waals surface area contributed by atoms with E-state index < -0.39 is 39.3 Å². The van der Waals surface area contributed by atoms with Gasteiger partial charge in [-0.3, -0.25) is 9.59 Å². The van der Waals surface area contributed by atoms with E-state index in [0.29, 0.717) is 25.0 Å². The zero-order chi connectivity index (χ0) is 21.6. The van der Waals surface area contributed by atoms with Gasteiger partial charge in [0.05, 0.1) is 12.9 Å². The van der Waals surface area contributed by atoms with E-state index in [-0.39, 0.29) is 31.0 Å². The van der Waals surface area contributed by atoms with Crippen molar-refractivity contribution in [3.05, 3.63) is 18.2 Å². The molecule has 1 aliphatic heterocycles. The monoisotopic (exact) mass is 404 g/mol. The van der Waals surface area contributed by atoms with E-state index in [2.05, 4.69) is 9.97 Å². The number of nitrogens with two attached hydrogens (primary N) is 2. The number of imide groups is 1. The van der Waals surface area contributed by atoms with Crippen molar-refractivity contribution in [2.75, 3.05) is 6.54 Å². The summed E-state index contributed by atoms with van der Waals surface area (Å²) in [6.07, 6.45) is 4.48. The number of aromatic nitrogens is 2. The predicted octanol–water partition coefficient (Wildman–Crippen LogP) is 0.829. The molecule has 1 aromatic rings. The van der Waals surface area contributed by atoms with Gasteiger partial charge < -0.3 is 16.5 Å². The molecule has 9 heteroatoms. The summed E-state index contributed by atoms with van der Waals surface area (Å²) in [4.78, 5) is 58.8. The molecule has 3 amide bonds. The van der Waals surface area contributed by atoms with Gasteiger partial charge in [0.2, 0.25) is 0 Å². The van der Waals surface area contributed by atoms with Crippen molar-refractivity contribution < 1.29 is 23.7 Å². The number of nitrogens with zero attached hydrogens (tertiary/aromatic N) is 2. The maximum atomic E-state index is 13.7. The molecular weight excluding hydrogens is 374 g/mol. The van der Waals surface area contributed by atoms with E-state index in [1.165, 1.54) is 6.33 Å². The summed E-state index contributed by atoms with van der Waals surface area (Å²) in [5.74, 6) is -1.34. The Kier molecular flexibility index (Phi) is 5.25. The molecule has 2 fully saturated rings. The lowest BCUT2D eigenvalue weighted by Crippen LogP contribution is -2.74. The van der Waals surface area contributed by atoms with Gasteiger partial charge in [-0.25, -0.2) is 14.6 Å². The van der Waals surface area contributed by atoms with Crippen LogP contribution >= 0.6 is 0 Å². The fourth-order valence-electron chi connectivity index (χ4n) is 5.26. The first kappa shape index (κ1) is 21.3. The lowest BCUT2D eigenvalue weighted by molar-refractivity contribution is -0.802. The number of imidazole rings is 1. The number of H-pyrrole nitrogens is 1. The highest BCUT2D eigenvalue weighted by molar-refractivity contribution is 6.00. The number of rotatable bonds is 5. The van der Waals surface area contributed by atoms with Crippen molar-refractivity contribution in [1.29, 1.82) is 0 Å². The molecule has 2 unspecified atom stereocenters. The lowest BCUT2D eigenvalue weighted by atomic mass is 9.72. The van der Waals surface area contributed by atoms with Crippen LogP contribution in [0.4, 0.5) is 4.79 Å². The zero-order valence-electron chi connectivity index (χ0n) is 17.2. The molecule has 1 aromatic heterocycles. The van der Waals surface area contributed by atoms with Gasteiger partial charge in [0.15, 0.2) is 11.3 Å². The summed E-state index contributed by atoms with van der Waals surface area (Å²) in [7, 11) is 0. The number of carbonyl (C=O) groups excluding carboxylic acids is 4. The normalized spacial score (nSPS) is 32.3. The van der Waals surface area contributed by atoms with E-state index in [9.17, 15) is 19.2 Å². The van der Waals surface area contributed by atoms with Crippen LogP contribution in [0.5, 0.6) is 0 Å². The Morgan fingerprint density at radius 3 is 2.55 bits per heavy atom. The van der Waals surface area contributed by atoms with Gasteiger partial charge in [0, 0.05) is 49.9 Å². The average Bonchev–Trinajstić information content (AvgIpc) is 3.32. The number of ketones is 2. The van der Waals surface area contributed by atoms with Gasteiger partial charge in [-0.05, 0) is 12.3 Å². The number of hydrogen-bond donors (Lipinski definition) is 3. The SMILES string of the molecule is CC1(C)CC(=O)CC1C(=O)[C@@]1(C)CCC[N+]1(C(N)=O)C(=O)[C@@H](N)Cc1cnc[nH]1. The third-order valence-corrected chi connectivity index (χ3v) is 6.94. The Labute approximate surface area is 169 Å². The Hall–Kier alpha value is -2.39. The number of Topliss-reactive ketones (excluding diaryl/α,β-unsaturated/α-hetero) is 2. The minimum Gasteiger partial charge on any atom is -0.348 e. The van der Waals surface area contributed by atoms with Crippen molar-refractivity contribution in [3.63, 3.8) is 0 Å². The predicted molar refractivity (Wildman–Crippen MR) is 104 cm³/mol. The fourth-order valence-corrected chi connectivity index (χ4v) is 5.26. The van der Waals surface area contributed by atoms with Crippen LogP contribution in [-0.2, 0) is 20.8 Å². The van der Waals surface area contributed by atoms with Crippen LogP contribution in [0.2, 0.25) is 0 Å². The second-order valence-electron chi connectivity index (χ2n) is 9.30. The second kappa shape index (κ2) is 7.14. The quantitative estimate of drug-likeness (QED) is 0.619. The Balaban J connectivity index is 1.98. The van der Waals surface area contributed by atoms with Gasteiger partial charge >= 0.3 is 11.9 Å². The number of aromatic amines is 1. The van der Waals surface area contributed by atoms with Crippen LogP contribution in [0.1, 0.15) is 52.1 Å². The van der Waals surface area contributed by atoms with Crippen LogP contribution in [-0.4, -0.2) is 56.1 Å². The Bertz CT molecular complexity index is 849. The maximum Gasteiger partial charge on any atom is 0.422 e. The van der Waals surface area contributed by atoms with Crippen LogP contribution in [0.25, 0.3) is 0 Å². The molecule has 29 heavy (non-hydrogen) atoms. The average molecular weight is 404 g/mol. The number of carbonyl (C=O) groups is 4. The minimum atomic E-state index is -1.33. The molecule has 1 saturated carbocycles. The number of primary amides is 1. The van der Waals surface area contributed by atoms with Gasteiger partial charge in [-0.2, -0.15) is 4.48 Å². The molecule has 1 saturated heterocycles. The van der Waals surface area contributed by atoms with E-state index in [1.807, 2.05) is 13.8 Å². The van der Waals surface area contributed by atoms with Crippen LogP contribution in [0.3, 0.4) is 0 Å². The zero-order valence-corrected chi connectivity index (χ0v) is 17.2. The maximum absolute atomic E-state index is 13.7. The van der Waals surface area contributed by atoms with Crippen molar-refractivity contribution in [2.24, 2.45) is 22.8 Å². The van der Waals surface area contributed by atoms with Crippen molar-refractivity contribution >= 4 is 23.5 Å². The molecule has 0 bridgehead atoms. The van der Waals surface area contributed by atoms with Gasteiger partial charge in [0.1, 0.15) is 11.8 Å². The fraction of sp³-hybridized carbons (Fsp3) is 0.650. The highest BCUT2D eigenvalue weighted by Crippen LogP contribution is 2.48. The summed E-state index contributed by atoms with van der Waals surface area (Å²) in [5.41, 5.74) is 10.7. The molecule has 3 rings (SSSR count). The molecule has 0 spiro atoms. The first-order valence-corrected chi connectivity index (χ1v) is 9.97. The van der Waals surface area contributed by atoms with Gasteiger partial charge in [-0.1, -0.05) is 13.8 Å². The topological polar surface area (TPSA) is 149 Å². The number of hydrogen-bond acceptors (Lipinski definition) is 6. The summed E-state index contributed by atoms with van der Waals surface area (Å²) >= 11 is 0. The number of likely N-dealkylation sites (tertiary alicyclic amines) is 1. The lowest BCUT2D eigenvalue weighted by Gasteiger charge is -2.43. The third-order valence-electron chi connectivity index (χ3n) is 6.94. The molecular formula is C20H30N5O4+. The summed E-state index contributed by atoms with van der Waals surface area (Å²) in [6, 6.07) is -1.89. The molecule has 2 aliphatic rings. The molecule has 9 nitrogen and oxygen atoms in total. The smallest absolute Gasteiger partial charge is 0.348 e. The Morgan fingerprint density at radius 2 is 2.03 bits per heavy atom. The highest BCUT2D eigenvalue weighted by Gasteiger charge is 2.67. The molecule has 0 aromatic carbocycles. The number of amides is 3. The van der Waals surface area contributed by atoms with E-state index in [0.717, 1.165) is 0 Å². The number of quaternary nitrogens is 1. The van der Waals surface area contributed by atoms with Crippen LogP contribution in [0, 0.1) is 11.3 Å². The van der Waals surface area contributed by atoms with E-state index in [4.69, 9.17) is 11.5 Å². The highest BCUT2D eigenvalue weighted by atomic mass is 16.2. The summed E-state index contributed by atoms with van der Waals surface area (Å²) in [5, 5.41) is 0. The summed E-state index contributed by atoms with van der Waals surface area (Å²) in [6.45, 7) is 5.52. The third kappa shape index (κ3) is 3.22. The van der Waals surface area contributed by atoms with Crippen molar-refractivity contribution in [1.82, 2.24) is 9.97 Å². The Morgan fingerprint density at radius 1 is 1.34 bits per heavy atom. The minimum absolute atomic E-state index is 0.0226. The second-order valence-corrected chi connectivity index (χ2v) is 9.30.